The number of nitrogen functional groups attached to an aromatic ring is 1. The van der Waals surface area contributed by atoms with Crippen molar-refractivity contribution in [3.05, 3.63) is 22.8 Å². The Kier molecular flexibility index (Phi) is 3.59. The molecule has 1 unspecified atom stereocenters. The van der Waals surface area contributed by atoms with Crippen LogP contribution in [-0.4, -0.2) is 11.5 Å². The second-order valence-corrected chi connectivity index (χ2v) is 5.61. The summed E-state index contributed by atoms with van der Waals surface area (Å²) in [7, 11) is 0. The molecule has 1 aliphatic carbocycles. The van der Waals surface area contributed by atoms with Crippen molar-refractivity contribution in [2.45, 2.75) is 39.2 Å². The fourth-order valence-corrected chi connectivity index (χ4v) is 2.37. The maximum absolute atomic E-state index is 6.02. The fourth-order valence-electron chi connectivity index (χ4n) is 2.20. The number of aromatic nitrogens is 1. The molecule has 0 spiro atoms. The minimum atomic E-state index is 0.272. The Morgan fingerprint density at radius 1 is 1.59 bits per heavy atom. The quantitative estimate of drug-likeness (QED) is 0.848. The lowest BCUT2D eigenvalue weighted by Gasteiger charge is -2.26. The number of nitrogens with two attached hydrogens (primary N) is 1. The Morgan fingerprint density at radius 2 is 2.29 bits per heavy atom. The van der Waals surface area contributed by atoms with Crippen LogP contribution in [0.5, 0.6) is 0 Å². The number of hydrogen-bond donors (Lipinski definition) is 2. The number of anilines is 1. The van der Waals surface area contributed by atoms with Crippen LogP contribution < -0.4 is 11.1 Å². The zero-order chi connectivity index (χ0) is 12.5. The molecule has 0 aromatic carbocycles. The van der Waals surface area contributed by atoms with Gasteiger partial charge in [-0.2, -0.15) is 0 Å². The van der Waals surface area contributed by atoms with E-state index in [9.17, 15) is 0 Å². The van der Waals surface area contributed by atoms with Gasteiger partial charge in [-0.05, 0) is 37.3 Å². The van der Waals surface area contributed by atoms with E-state index in [1.807, 2.05) is 6.07 Å². The van der Waals surface area contributed by atoms with E-state index in [1.165, 1.54) is 12.8 Å². The molecule has 0 amide bonds. The third-order valence-electron chi connectivity index (χ3n) is 3.56. The van der Waals surface area contributed by atoms with Crippen molar-refractivity contribution in [1.82, 2.24) is 10.3 Å². The predicted octanol–water partition coefficient (Wildman–Crippen LogP) is 3.16. The lowest BCUT2D eigenvalue weighted by Crippen LogP contribution is -2.29. The van der Waals surface area contributed by atoms with Crippen molar-refractivity contribution in [2.75, 3.05) is 12.3 Å². The second kappa shape index (κ2) is 4.83. The van der Waals surface area contributed by atoms with Gasteiger partial charge in [-0.25, -0.2) is 4.98 Å². The van der Waals surface area contributed by atoms with Gasteiger partial charge in [0, 0.05) is 17.8 Å². The molecule has 1 fully saturated rings. The Labute approximate surface area is 108 Å². The van der Waals surface area contributed by atoms with E-state index in [-0.39, 0.29) is 6.04 Å². The first kappa shape index (κ1) is 12.7. The van der Waals surface area contributed by atoms with Crippen LogP contribution in [0.1, 0.15) is 44.7 Å². The summed E-state index contributed by atoms with van der Waals surface area (Å²) in [5.41, 5.74) is 7.34. The Hall–Kier alpha value is -0.800. The molecule has 1 aromatic rings. The Morgan fingerprint density at radius 3 is 2.88 bits per heavy atom. The third kappa shape index (κ3) is 2.72. The van der Waals surface area contributed by atoms with Gasteiger partial charge in [0.15, 0.2) is 0 Å². The summed E-state index contributed by atoms with van der Waals surface area (Å²) in [5, 5.41) is 4.23. The third-order valence-corrected chi connectivity index (χ3v) is 3.77. The van der Waals surface area contributed by atoms with Gasteiger partial charge in [-0.3, -0.25) is 0 Å². The first-order chi connectivity index (χ1) is 8.07. The molecular weight excluding hydrogens is 234 g/mol. The highest BCUT2D eigenvalue weighted by molar-refractivity contribution is 6.30. The number of nitrogens with one attached hydrogen (secondary N) is 1. The minimum absolute atomic E-state index is 0.272. The standard InChI is InChI=1S/C13H20ClN3/c1-3-6-16-11(13(2)4-5-13)10-7-9(14)8-17-12(10)15/h7-8,11,16H,3-6H2,1-2H3,(H2,15,17). The highest BCUT2D eigenvalue weighted by Crippen LogP contribution is 2.55. The number of rotatable bonds is 5. The second-order valence-electron chi connectivity index (χ2n) is 5.17. The van der Waals surface area contributed by atoms with E-state index in [0.29, 0.717) is 16.3 Å². The largest absolute Gasteiger partial charge is 0.383 e. The van der Waals surface area contributed by atoms with Gasteiger partial charge < -0.3 is 11.1 Å². The monoisotopic (exact) mass is 253 g/mol. The minimum Gasteiger partial charge on any atom is -0.383 e. The van der Waals surface area contributed by atoms with Crippen LogP contribution in [0.3, 0.4) is 0 Å². The number of pyridine rings is 1. The van der Waals surface area contributed by atoms with E-state index in [0.717, 1.165) is 18.5 Å². The highest BCUT2D eigenvalue weighted by atomic mass is 35.5. The lowest BCUT2D eigenvalue weighted by molar-refractivity contribution is 0.367. The zero-order valence-corrected chi connectivity index (χ0v) is 11.2. The summed E-state index contributed by atoms with van der Waals surface area (Å²) >= 11 is 6.02. The van der Waals surface area contributed by atoms with E-state index in [2.05, 4.69) is 24.1 Å². The van der Waals surface area contributed by atoms with Gasteiger partial charge in [-0.1, -0.05) is 25.4 Å². The maximum atomic E-state index is 6.02. The molecule has 3 nitrogen and oxygen atoms in total. The van der Waals surface area contributed by atoms with Gasteiger partial charge in [0.25, 0.3) is 0 Å². The number of nitrogens with zero attached hydrogens (tertiary/aromatic N) is 1. The molecule has 1 atom stereocenters. The summed E-state index contributed by atoms with van der Waals surface area (Å²) in [6, 6.07) is 2.22. The summed E-state index contributed by atoms with van der Waals surface area (Å²) in [5.74, 6) is 0.594. The summed E-state index contributed by atoms with van der Waals surface area (Å²) < 4.78 is 0. The predicted molar refractivity (Wildman–Crippen MR) is 72.0 cm³/mol. The van der Waals surface area contributed by atoms with E-state index in [1.54, 1.807) is 6.20 Å². The van der Waals surface area contributed by atoms with Gasteiger partial charge in [0.1, 0.15) is 5.82 Å². The van der Waals surface area contributed by atoms with Gasteiger partial charge in [0.2, 0.25) is 0 Å². The topological polar surface area (TPSA) is 50.9 Å². The van der Waals surface area contributed by atoms with Crippen molar-refractivity contribution in [3.8, 4) is 0 Å². The smallest absolute Gasteiger partial charge is 0.128 e. The lowest BCUT2D eigenvalue weighted by atomic mass is 9.92. The van der Waals surface area contributed by atoms with E-state index >= 15 is 0 Å². The highest BCUT2D eigenvalue weighted by Gasteiger charge is 2.46. The molecular formula is C13H20ClN3. The Bertz CT molecular complexity index is 402. The van der Waals surface area contributed by atoms with Gasteiger partial charge in [0.05, 0.1) is 5.02 Å². The molecule has 3 N–H and O–H groups in total. The van der Waals surface area contributed by atoms with Crippen LogP contribution in [0, 0.1) is 5.41 Å². The van der Waals surface area contributed by atoms with Crippen LogP contribution in [0.2, 0.25) is 5.02 Å². The molecule has 0 bridgehead atoms. The molecule has 1 heterocycles. The fraction of sp³-hybridized carbons (Fsp3) is 0.615. The number of halogens is 1. The number of hydrogen-bond acceptors (Lipinski definition) is 3. The van der Waals surface area contributed by atoms with E-state index in [4.69, 9.17) is 17.3 Å². The Balaban J connectivity index is 2.28. The normalized spacial score (nSPS) is 19.0. The molecule has 4 heteroatoms. The first-order valence-corrected chi connectivity index (χ1v) is 6.59. The SMILES string of the molecule is CCCNC(c1cc(Cl)cnc1N)C1(C)CC1. The first-order valence-electron chi connectivity index (χ1n) is 6.21. The van der Waals surface area contributed by atoms with Crippen molar-refractivity contribution in [1.29, 1.82) is 0 Å². The van der Waals surface area contributed by atoms with Crippen molar-refractivity contribution in [2.24, 2.45) is 5.41 Å². The van der Waals surface area contributed by atoms with Crippen LogP contribution >= 0.6 is 11.6 Å². The summed E-state index contributed by atoms with van der Waals surface area (Å²) in [4.78, 5) is 4.15. The molecule has 94 valence electrons. The molecule has 1 aromatic heterocycles. The maximum Gasteiger partial charge on any atom is 0.128 e. The molecule has 0 aliphatic heterocycles. The van der Waals surface area contributed by atoms with Gasteiger partial charge in [-0.15, -0.1) is 0 Å². The molecule has 17 heavy (non-hydrogen) atoms. The average Bonchev–Trinajstić information content (AvgIpc) is 3.03. The van der Waals surface area contributed by atoms with Crippen molar-refractivity contribution < 1.29 is 0 Å². The molecule has 1 saturated carbocycles. The van der Waals surface area contributed by atoms with Crippen molar-refractivity contribution >= 4 is 17.4 Å². The zero-order valence-electron chi connectivity index (χ0n) is 10.5. The van der Waals surface area contributed by atoms with Crippen LogP contribution in [0.15, 0.2) is 12.3 Å². The summed E-state index contributed by atoms with van der Waals surface area (Å²) in [6.45, 7) is 5.45. The molecule has 0 radical (unpaired) electrons. The van der Waals surface area contributed by atoms with Crippen molar-refractivity contribution in [3.63, 3.8) is 0 Å². The molecule has 2 rings (SSSR count). The summed E-state index contributed by atoms with van der Waals surface area (Å²) in [6.07, 6.45) is 5.19. The molecule has 1 aliphatic rings. The van der Waals surface area contributed by atoms with Crippen LogP contribution in [0.4, 0.5) is 5.82 Å². The van der Waals surface area contributed by atoms with Crippen LogP contribution in [-0.2, 0) is 0 Å². The molecule has 0 saturated heterocycles. The van der Waals surface area contributed by atoms with Crippen LogP contribution in [0.25, 0.3) is 0 Å². The van der Waals surface area contributed by atoms with E-state index < -0.39 is 0 Å². The van der Waals surface area contributed by atoms with Gasteiger partial charge >= 0.3 is 0 Å². The average molecular weight is 254 g/mol.